The van der Waals surface area contributed by atoms with Gasteiger partial charge >= 0.3 is 0 Å². The zero-order chi connectivity index (χ0) is 22.8. The number of amides is 2. The van der Waals surface area contributed by atoms with Gasteiger partial charge in [0.25, 0.3) is 5.91 Å². The number of benzene rings is 2. The molecule has 2 heterocycles. The van der Waals surface area contributed by atoms with Crippen LogP contribution in [0, 0.1) is 12.8 Å². The molecule has 33 heavy (non-hydrogen) atoms. The second kappa shape index (κ2) is 9.19. The number of carbonyl (C=O) groups excluding carboxylic acids is 2. The number of nitrogens with zero attached hydrogens (tertiary/aromatic N) is 4. The van der Waals surface area contributed by atoms with Crippen molar-refractivity contribution in [3.05, 3.63) is 77.5 Å². The molecule has 0 atom stereocenters. The van der Waals surface area contributed by atoms with Gasteiger partial charge in [-0.25, -0.2) is 4.68 Å². The number of carbonyl (C=O) groups is 2. The van der Waals surface area contributed by atoms with Gasteiger partial charge in [0.2, 0.25) is 5.91 Å². The van der Waals surface area contributed by atoms with Crippen molar-refractivity contribution in [3.63, 3.8) is 0 Å². The molecule has 1 saturated heterocycles. The molecule has 0 unspecified atom stereocenters. The molecule has 1 N–H and O–H groups in total. The van der Waals surface area contributed by atoms with Crippen LogP contribution in [0.1, 0.15) is 34.5 Å². The molecule has 1 saturated carbocycles. The highest BCUT2D eigenvalue weighted by Crippen LogP contribution is 2.30. The van der Waals surface area contributed by atoms with E-state index in [2.05, 4.69) is 46.5 Å². The van der Waals surface area contributed by atoms with Crippen LogP contribution in [0.3, 0.4) is 0 Å². The van der Waals surface area contributed by atoms with E-state index >= 15 is 0 Å². The summed E-state index contributed by atoms with van der Waals surface area (Å²) in [5.41, 5.74) is 3.73. The first kappa shape index (κ1) is 21.4. The quantitative estimate of drug-likeness (QED) is 0.633. The highest BCUT2D eigenvalue weighted by atomic mass is 16.2. The molecule has 7 heteroatoms. The Morgan fingerprint density at radius 3 is 2.42 bits per heavy atom. The number of hydrogen-bond donors (Lipinski definition) is 1. The smallest absolute Gasteiger partial charge is 0.274 e. The molecule has 2 amide bonds. The van der Waals surface area contributed by atoms with E-state index < -0.39 is 0 Å². The summed E-state index contributed by atoms with van der Waals surface area (Å²) >= 11 is 0. The fraction of sp³-hybridized carbons (Fsp3) is 0.346. The van der Waals surface area contributed by atoms with Crippen molar-refractivity contribution in [3.8, 4) is 5.69 Å². The molecular weight excluding hydrogens is 414 g/mol. The van der Waals surface area contributed by atoms with Gasteiger partial charge in [0, 0.05) is 44.7 Å². The molecule has 7 nitrogen and oxygen atoms in total. The van der Waals surface area contributed by atoms with E-state index in [9.17, 15) is 9.59 Å². The number of nitrogens with one attached hydrogen (secondary N) is 1. The number of hydrogen-bond acceptors (Lipinski definition) is 4. The van der Waals surface area contributed by atoms with E-state index in [1.54, 1.807) is 10.7 Å². The number of para-hydroxylation sites is 1. The predicted octanol–water partition coefficient (Wildman–Crippen LogP) is 3.49. The lowest BCUT2D eigenvalue weighted by atomic mass is 10.1. The van der Waals surface area contributed by atoms with Crippen LogP contribution < -0.4 is 5.32 Å². The van der Waals surface area contributed by atoms with Gasteiger partial charge in [-0.15, -0.1) is 0 Å². The van der Waals surface area contributed by atoms with Gasteiger partial charge in [-0.2, -0.15) is 5.10 Å². The third kappa shape index (κ3) is 4.98. The standard InChI is InChI=1S/C26H29N5O2/c1-19-6-5-7-20(16-19)18-29-12-14-30(15-13-29)26(33)23-17-24(27-25(32)21-10-11-21)31(28-23)22-8-3-2-4-9-22/h2-9,16-17,21H,10-15,18H2,1H3,(H,27,32). The van der Waals surface area contributed by atoms with E-state index in [-0.39, 0.29) is 17.7 Å². The van der Waals surface area contributed by atoms with Crippen LogP contribution in [0.4, 0.5) is 5.82 Å². The topological polar surface area (TPSA) is 70.5 Å². The van der Waals surface area contributed by atoms with Crippen molar-refractivity contribution in [2.24, 2.45) is 5.92 Å². The second-order valence-corrected chi connectivity index (χ2v) is 8.98. The molecule has 2 fully saturated rings. The molecule has 1 aliphatic carbocycles. The van der Waals surface area contributed by atoms with Gasteiger partial charge < -0.3 is 10.2 Å². The van der Waals surface area contributed by atoms with Crippen LogP contribution in [0.25, 0.3) is 5.69 Å². The Morgan fingerprint density at radius 2 is 1.73 bits per heavy atom. The number of piperazine rings is 1. The van der Waals surface area contributed by atoms with E-state index in [0.717, 1.165) is 38.2 Å². The van der Waals surface area contributed by atoms with Crippen LogP contribution >= 0.6 is 0 Å². The molecular formula is C26H29N5O2. The van der Waals surface area contributed by atoms with Gasteiger partial charge in [-0.3, -0.25) is 14.5 Å². The molecule has 5 rings (SSSR count). The summed E-state index contributed by atoms with van der Waals surface area (Å²) in [4.78, 5) is 29.9. The Hall–Kier alpha value is -3.45. The molecule has 3 aromatic rings. The average Bonchev–Trinajstić information content (AvgIpc) is 3.60. The predicted molar refractivity (Wildman–Crippen MR) is 127 cm³/mol. The summed E-state index contributed by atoms with van der Waals surface area (Å²) in [6, 6.07) is 19.9. The molecule has 0 radical (unpaired) electrons. The molecule has 0 bridgehead atoms. The van der Waals surface area contributed by atoms with Crippen molar-refractivity contribution < 1.29 is 9.59 Å². The third-order valence-electron chi connectivity index (χ3n) is 6.28. The fourth-order valence-electron chi connectivity index (χ4n) is 4.25. The minimum Gasteiger partial charge on any atom is -0.335 e. The first-order chi connectivity index (χ1) is 16.1. The molecule has 1 aliphatic heterocycles. The van der Waals surface area contributed by atoms with E-state index in [1.807, 2.05) is 35.2 Å². The normalized spacial score (nSPS) is 16.6. The van der Waals surface area contributed by atoms with Gasteiger partial charge in [0.1, 0.15) is 5.82 Å². The SMILES string of the molecule is Cc1cccc(CN2CCN(C(=O)c3cc(NC(=O)C4CC4)n(-c4ccccc4)n3)CC2)c1. The van der Waals surface area contributed by atoms with Crippen LogP contribution in [0.15, 0.2) is 60.7 Å². The highest BCUT2D eigenvalue weighted by molar-refractivity contribution is 5.97. The van der Waals surface area contributed by atoms with E-state index in [4.69, 9.17) is 0 Å². The zero-order valence-corrected chi connectivity index (χ0v) is 18.9. The number of anilines is 1. The van der Waals surface area contributed by atoms with Crippen LogP contribution in [-0.4, -0.2) is 57.6 Å². The molecule has 1 aromatic heterocycles. The Labute approximate surface area is 194 Å². The van der Waals surface area contributed by atoms with Crippen LogP contribution in [0.5, 0.6) is 0 Å². The first-order valence-corrected chi connectivity index (χ1v) is 11.6. The van der Waals surface area contributed by atoms with Gasteiger partial charge in [0.05, 0.1) is 5.69 Å². The highest BCUT2D eigenvalue weighted by Gasteiger charge is 2.31. The van der Waals surface area contributed by atoms with E-state index in [0.29, 0.717) is 24.6 Å². The van der Waals surface area contributed by atoms with Crippen LogP contribution in [0.2, 0.25) is 0 Å². The number of aryl methyl sites for hydroxylation is 1. The molecule has 170 valence electrons. The molecule has 0 spiro atoms. The minimum atomic E-state index is -0.0955. The molecule has 2 aromatic carbocycles. The maximum Gasteiger partial charge on any atom is 0.274 e. The van der Waals surface area contributed by atoms with Crippen LogP contribution in [-0.2, 0) is 11.3 Å². The van der Waals surface area contributed by atoms with Gasteiger partial charge in [0.15, 0.2) is 5.69 Å². The fourth-order valence-corrected chi connectivity index (χ4v) is 4.25. The summed E-state index contributed by atoms with van der Waals surface area (Å²) in [5.74, 6) is 0.516. The molecule has 2 aliphatic rings. The lowest BCUT2D eigenvalue weighted by Gasteiger charge is -2.34. The zero-order valence-electron chi connectivity index (χ0n) is 18.9. The number of aromatic nitrogens is 2. The lowest BCUT2D eigenvalue weighted by Crippen LogP contribution is -2.48. The average molecular weight is 444 g/mol. The minimum absolute atomic E-state index is 0.00385. The first-order valence-electron chi connectivity index (χ1n) is 11.6. The second-order valence-electron chi connectivity index (χ2n) is 8.98. The summed E-state index contributed by atoms with van der Waals surface area (Å²) in [7, 11) is 0. The maximum atomic E-state index is 13.3. The summed E-state index contributed by atoms with van der Waals surface area (Å²) < 4.78 is 1.65. The summed E-state index contributed by atoms with van der Waals surface area (Å²) in [6.07, 6.45) is 1.84. The number of rotatable bonds is 6. The monoisotopic (exact) mass is 443 g/mol. The summed E-state index contributed by atoms with van der Waals surface area (Å²) in [6.45, 7) is 5.97. The Balaban J connectivity index is 1.28. The summed E-state index contributed by atoms with van der Waals surface area (Å²) in [5, 5.41) is 7.55. The third-order valence-corrected chi connectivity index (χ3v) is 6.28. The van der Waals surface area contributed by atoms with Crippen molar-refractivity contribution in [1.82, 2.24) is 19.6 Å². The van der Waals surface area contributed by atoms with Crippen molar-refractivity contribution in [2.45, 2.75) is 26.3 Å². The van der Waals surface area contributed by atoms with Crippen molar-refractivity contribution >= 4 is 17.6 Å². The Kier molecular flexibility index (Phi) is 5.96. The van der Waals surface area contributed by atoms with E-state index in [1.165, 1.54) is 11.1 Å². The largest absolute Gasteiger partial charge is 0.335 e. The van der Waals surface area contributed by atoms with Gasteiger partial charge in [-0.1, -0.05) is 48.0 Å². The van der Waals surface area contributed by atoms with Crippen molar-refractivity contribution in [2.75, 3.05) is 31.5 Å². The van der Waals surface area contributed by atoms with Gasteiger partial charge in [-0.05, 0) is 37.5 Å². The Morgan fingerprint density at radius 1 is 0.970 bits per heavy atom. The van der Waals surface area contributed by atoms with Crippen molar-refractivity contribution in [1.29, 1.82) is 0 Å². The maximum absolute atomic E-state index is 13.3. The lowest BCUT2D eigenvalue weighted by molar-refractivity contribution is -0.117. The Bertz CT molecular complexity index is 1140.